The fourth-order valence-corrected chi connectivity index (χ4v) is 1.77. The van der Waals surface area contributed by atoms with E-state index in [1.807, 2.05) is 30.3 Å². The summed E-state index contributed by atoms with van der Waals surface area (Å²) >= 11 is 0. The molecule has 0 saturated heterocycles. The van der Waals surface area contributed by atoms with Gasteiger partial charge in [0.15, 0.2) is 0 Å². The molecule has 4 nitrogen and oxygen atoms in total. The Balaban J connectivity index is 0.00000180. The molecular weight excluding hydrogens is 264 g/mol. The summed E-state index contributed by atoms with van der Waals surface area (Å²) in [6, 6.07) is 11.0. The quantitative estimate of drug-likeness (QED) is 0.908. The molecule has 0 aliphatic rings. The van der Waals surface area contributed by atoms with Gasteiger partial charge in [-0.1, -0.05) is 24.3 Å². The van der Waals surface area contributed by atoms with Gasteiger partial charge in [-0.05, 0) is 18.4 Å². The highest BCUT2D eigenvalue weighted by molar-refractivity contribution is 5.98. The summed E-state index contributed by atoms with van der Waals surface area (Å²) in [5, 5.41) is 4.79. The van der Waals surface area contributed by atoms with Crippen molar-refractivity contribution in [1.82, 2.24) is 0 Å². The van der Waals surface area contributed by atoms with Crippen LogP contribution in [0.5, 0.6) is 5.75 Å². The third-order valence-electron chi connectivity index (χ3n) is 2.72. The number of fused-ring (bicyclic) bond motifs is 1. The highest BCUT2D eigenvalue weighted by Gasteiger charge is 2.10. The van der Waals surface area contributed by atoms with Crippen LogP contribution in [0.25, 0.3) is 10.8 Å². The van der Waals surface area contributed by atoms with Crippen LogP contribution in [0.2, 0.25) is 0 Å². The van der Waals surface area contributed by atoms with Gasteiger partial charge in [0, 0.05) is 17.1 Å². The Kier molecular flexibility index (Phi) is 5.15. The van der Waals surface area contributed by atoms with E-state index in [0.29, 0.717) is 5.69 Å². The van der Waals surface area contributed by atoms with Gasteiger partial charge in [-0.3, -0.25) is 4.79 Å². The van der Waals surface area contributed by atoms with Crippen LogP contribution in [-0.2, 0) is 4.79 Å². The van der Waals surface area contributed by atoms with Crippen LogP contribution in [0.3, 0.4) is 0 Å². The van der Waals surface area contributed by atoms with E-state index in [-0.39, 0.29) is 18.3 Å². The molecule has 1 amide bonds. The average Bonchev–Trinajstić information content (AvgIpc) is 2.37. The van der Waals surface area contributed by atoms with Crippen LogP contribution in [0.15, 0.2) is 36.4 Å². The zero-order valence-corrected chi connectivity index (χ0v) is 11.7. The Morgan fingerprint density at radius 3 is 2.63 bits per heavy atom. The number of ether oxygens (including phenoxy) is 1. The molecule has 0 radical (unpaired) electrons. The van der Waals surface area contributed by atoms with Gasteiger partial charge in [0.2, 0.25) is 5.91 Å². The maximum Gasteiger partial charge on any atom is 0.241 e. The third-order valence-corrected chi connectivity index (χ3v) is 2.72. The van der Waals surface area contributed by atoms with E-state index in [1.54, 1.807) is 20.1 Å². The van der Waals surface area contributed by atoms with Crippen molar-refractivity contribution in [1.29, 1.82) is 0 Å². The second-order valence-electron chi connectivity index (χ2n) is 4.18. The van der Waals surface area contributed by atoms with Crippen LogP contribution in [-0.4, -0.2) is 19.1 Å². The highest BCUT2D eigenvalue weighted by atomic mass is 35.5. The zero-order valence-electron chi connectivity index (χ0n) is 10.8. The molecule has 0 fully saturated rings. The fourth-order valence-electron chi connectivity index (χ4n) is 1.77. The lowest BCUT2D eigenvalue weighted by Crippen LogP contribution is -2.32. The summed E-state index contributed by atoms with van der Waals surface area (Å²) in [6.45, 7) is 1.65. The van der Waals surface area contributed by atoms with Crippen molar-refractivity contribution < 1.29 is 9.53 Å². The zero-order chi connectivity index (χ0) is 13.1. The Labute approximate surface area is 118 Å². The van der Waals surface area contributed by atoms with Crippen LogP contribution >= 0.6 is 12.4 Å². The molecule has 0 saturated carbocycles. The van der Waals surface area contributed by atoms with Crippen LogP contribution < -0.4 is 15.8 Å². The van der Waals surface area contributed by atoms with E-state index in [0.717, 1.165) is 16.5 Å². The number of carbonyl (C=O) groups excluding carboxylic acids is 1. The number of hydrogen-bond acceptors (Lipinski definition) is 3. The van der Waals surface area contributed by atoms with Crippen molar-refractivity contribution in [3.05, 3.63) is 36.4 Å². The molecule has 3 N–H and O–H groups in total. The summed E-state index contributed by atoms with van der Waals surface area (Å²) in [6.07, 6.45) is 0. The number of benzene rings is 2. The smallest absolute Gasteiger partial charge is 0.241 e. The number of rotatable bonds is 3. The van der Waals surface area contributed by atoms with E-state index >= 15 is 0 Å². The van der Waals surface area contributed by atoms with Gasteiger partial charge in [-0.2, -0.15) is 0 Å². The first kappa shape index (κ1) is 15.3. The summed E-state index contributed by atoms with van der Waals surface area (Å²) < 4.78 is 5.33. The van der Waals surface area contributed by atoms with E-state index in [9.17, 15) is 4.79 Å². The summed E-state index contributed by atoms with van der Waals surface area (Å²) in [5.41, 5.74) is 6.21. The molecule has 0 bridgehead atoms. The maximum atomic E-state index is 11.6. The van der Waals surface area contributed by atoms with Crippen molar-refractivity contribution in [3.63, 3.8) is 0 Å². The molecule has 0 unspecified atom stereocenters. The van der Waals surface area contributed by atoms with Crippen molar-refractivity contribution in [2.24, 2.45) is 5.73 Å². The van der Waals surface area contributed by atoms with Gasteiger partial charge in [0.25, 0.3) is 0 Å². The number of carbonyl (C=O) groups is 1. The van der Waals surface area contributed by atoms with Crippen molar-refractivity contribution in [2.45, 2.75) is 13.0 Å². The lowest BCUT2D eigenvalue weighted by atomic mass is 10.1. The number of amides is 1. The maximum absolute atomic E-state index is 11.6. The topological polar surface area (TPSA) is 64.3 Å². The number of nitrogens with one attached hydrogen (secondary N) is 1. The summed E-state index contributed by atoms with van der Waals surface area (Å²) in [7, 11) is 1.61. The first-order valence-electron chi connectivity index (χ1n) is 5.75. The van der Waals surface area contributed by atoms with Crippen molar-refractivity contribution in [3.8, 4) is 5.75 Å². The van der Waals surface area contributed by atoms with Gasteiger partial charge in [0.05, 0.1) is 13.2 Å². The lowest BCUT2D eigenvalue weighted by Gasteiger charge is -2.11. The fraction of sp³-hybridized carbons (Fsp3) is 0.214. The van der Waals surface area contributed by atoms with Crippen molar-refractivity contribution >= 4 is 34.8 Å². The van der Waals surface area contributed by atoms with E-state index in [4.69, 9.17) is 10.5 Å². The molecule has 0 aromatic heterocycles. The van der Waals surface area contributed by atoms with Gasteiger partial charge >= 0.3 is 0 Å². The number of nitrogens with two attached hydrogens (primary N) is 1. The standard InChI is InChI=1S/C14H16N2O2.ClH/c1-9(15)14(17)16-11-7-10-5-3-4-6-12(10)13(8-11)18-2;/h3-9H,15H2,1-2H3,(H,16,17);1H/t9-;/m0./s1. The minimum Gasteiger partial charge on any atom is -0.496 e. The molecule has 1 atom stereocenters. The molecule has 2 rings (SSSR count). The first-order valence-corrected chi connectivity index (χ1v) is 5.75. The largest absolute Gasteiger partial charge is 0.496 e. The number of halogens is 1. The van der Waals surface area contributed by atoms with Crippen LogP contribution in [0.1, 0.15) is 6.92 Å². The molecule has 2 aromatic rings. The van der Waals surface area contributed by atoms with Crippen LogP contribution in [0, 0.1) is 0 Å². The van der Waals surface area contributed by atoms with Crippen molar-refractivity contribution in [2.75, 3.05) is 12.4 Å². The second-order valence-corrected chi connectivity index (χ2v) is 4.18. The predicted molar refractivity (Wildman–Crippen MR) is 80.0 cm³/mol. The van der Waals surface area contributed by atoms with E-state index < -0.39 is 6.04 Å². The Bertz CT molecular complexity index is 585. The predicted octanol–water partition coefficient (Wildman–Crippen LogP) is 2.56. The molecule has 5 heteroatoms. The van der Waals surface area contributed by atoms with Gasteiger partial charge < -0.3 is 15.8 Å². The second kappa shape index (κ2) is 6.41. The molecule has 2 aromatic carbocycles. The SMILES string of the molecule is COc1cc(NC(=O)[C@H](C)N)cc2ccccc12.Cl. The number of hydrogen-bond donors (Lipinski definition) is 2. The molecule has 0 aliphatic carbocycles. The normalized spacial score (nSPS) is 11.5. The minimum atomic E-state index is -0.539. The Morgan fingerprint density at radius 2 is 2.00 bits per heavy atom. The first-order chi connectivity index (χ1) is 8.61. The summed E-state index contributed by atoms with van der Waals surface area (Å²) in [5.74, 6) is 0.514. The van der Waals surface area contributed by atoms with Gasteiger partial charge in [-0.15, -0.1) is 12.4 Å². The molecule has 0 heterocycles. The van der Waals surface area contributed by atoms with Gasteiger partial charge in [-0.25, -0.2) is 0 Å². The Morgan fingerprint density at radius 1 is 1.32 bits per heavy atom. The Hall–Kier alpha value is -1.78. The minimum absolute atomic E-state index is 0. The van der Waals surface area contributed by atoms with Crippen LogP contribution in [0.4, 0.5) is 5.69 Å². The average molecular weight is 281 g/mol. The monoisotopic (exact) mass is 280 g/mol. The molecular formula is C14H17ClN2O2. The van der Waals surface area contributed by atoms with E-state index in [2.05, 4.69) is 5.32 Å². The van der Waals surface area contributed by atoms with E-state index in [1.165, 1.54) is 0 Å². The highest BCUT2D eigenvalue weighted by Crippen LogP contribution is 2.29. The summed E-state index contributed by atoms with van der Waals surface area (Å²) in [4.78, 5) is 11.6. The number of methoxy groups -OCH3 is 1. The molecule has 0 spiro atoms. The third kappa shape index (κ3) is 3.36. The number of anilines is 1. The molecule has 19 heavy (non-hydrogen) atoms. The molecule has 0 aliphatic heterocycles. The molecule has 102 valence electrons. The van der Waals surface area contributed by atoms with Gasteiger partial charge in [0.1, 0.15) is 5.75 Å². The lowest BCUT2D eigenvalue weighted by molar-refractivity contribution is -0.117.